The van der Waals surface area contributed by atoms with E-state index in [2.05, 4.69) is 17.4 Å². The number of ether oxygens (including phenoxy) is 1. The van der Waals surface area contributed by atoms with Gasteiger partial charge >= 0.3 is 0 Å². The largest absolute Gasteiger partial charge is 0.396 e. The van der Waals surface area contributed by atoms with Crippen LogP contribution in [0.4, 0.5) is 5.69 Å². The summed E-state index contributed by atoms with van der Waals surface area (Å²) in [5, 5.41) is 12.6. The summed E-state index contributed by atoms with van der Waals surface area (Å²) in [4.78, 5) is 0. The normalized spacial score (nSPS) is 11.5. The van der Waals surface area contributed by atoms with Gasteiger partial charge in [-0.05, 0) is 18.1 Å². The van der Waals surface area contributed by atoms with Gasteiger partial charge in [-0.15, -0.1) is 0 Å². The average molecular weight is 237 g/mol. The number of nitrogens with one attached hydrogen (secondary N) is 1. The Balaban J connectivity index is 2.63. The van der Waals surface area contributed by atoms with Crippen LogP contribution in [0.5, 0.6) is 0 Å². The molecule has 96 valence electrons. The van der Waals surface area contributed by atoms with Gasteiger partial charge in [-0.25, -0.2) is 0 Å². The molecule has 17 heavy (non-hydrogen) atoms. The average Bonchev–Trinajstić information content (AvgIpc) is 2.35. The van der Waals surface area contributed by atoms with Crippen LogP contribution >= 0.6 is 0 Å². The Bertz CT molecular complexity index is 337. The number of hydrogen-bond donors (Lipinski definition) is 2. The zero-order valence-corrected chi connectivity index (χ0v) is 11.0. The molecule has 0 saturated heterocycles. The van der Waals surface area contributed by atoms with Crippen LogP contribution in [0.1, 0.15) is 19.4 Å². The van der Waals surface area contributed by atoms with E-state index in [1.165, 1.54) is 5.56 Å². The van der Waals surface area contributed by atoms with Crippen molar-refractivity contribution in [1.29, 1.82) is 0 Å². The summed E-state index contributed by atoms with van der Waals surface area (Å²) in [6.07, 6.45) is 0.902. The maximum absolute atomic E-state index is 9.22. The molecule has 0 aromatic heterocycles. The molecule has 1 rings (SSSR count). The molecule has 0 atom stereocenters. The van der Waals surface area contributed by atoms with Crippen molar-refractivity contribution >= 4 is 5.69 Å². The predicted octanol–water partition coefficient (Wildman–Crippen LogP) is 2.31. The molecule has 0 aliphatic carbocycles. The first-order valence-electron chi connectivity index (χ1n) is 6.00. The Labute approximate surface area is 104 Å². The summed E-state index contributed by atoms with van der Waals surface area (Å²) in [6, 6.07) is 8.23. The number of anilines is 1. The Morgan fingerprint density at radius 1 is 1.29 bits per heavy atom. The quantitative estimate of drug-likeness (QED) is 0.764. The second-order valence-electron chi connectivity index (χ2n) is 5.08. The first-order chi connectivity index (χ1) is 8.09. The molecule has 0 saturated carbocycles. The van der Waals surface area contributed by atoms with Crippen LogP contribution in [0.15, 0.2) is 24.3 Å². The third kappa shape index (κ3) is 4.75. The van der Waals surface area contributed by atoms with Gasteiger partial charge in [-0.3, -0.25) is 0 Å². The number of para-hydroxylation sites is 1. The SMILES string of the molecule is COCCc1ccccc1NCC(C)(C)CO. The molecule has 3 nitrogen and oxygen atoms in total. The maximum atomic E-state index is 9.22. The van der Waals surface area contributed by atoms with Gasteiger partial charge in [-0.2, -0.15) is 0 Å². The molecule has 0 heterocycles. The Morgan fingerprint density at radius 3 is 2.65 bits per heavy atom. The second-order valence-corrected chi connectivity index (χ2v) is 5.08. The molecule has 0 radical (unpaired) electrons. The minimum Gasteiger partial charge on any atom is -0.396 e. The molecule has 0 spiro atoms. The van der Waals surface area contributed by atoms with E-state index in [4.69, 9.17) is 4.74 Å². The fraction of sp³-hybridized carbons (Fsp3) is 0.571. The zero-order chi connectivity index (χ0) is 12.7. The Morgan fingerprint density at radius 2 is 2.00 bits per heavy atom. The van der Waals surface area contributed by atoms with Gasteiger partial charge in [0.1, 0.15) is 0 Å². The van der Waals surface area contributed by atoms with Crippen LogP contribution in [0.25, 0.3) is 0 Å². The van der Waals surface area contributed by atoms with E-state index in [0.29, 0.717) is 0 Å². The molecule has 3 heteroatoms. The molecule has 0 fully saturated rings. The van der Waals surface area contributed by atoms with E-state index in [-0.39, 0.29) is 12.0 Å². The molecule has 0 amide bonds. The highest BCUT2D eigenvalue weighted by Gasteiger charge is 2.16. The van der Waals surface area contributed by atoms with Crippen LogP contribution in [-0.4, -0.2) is 32.0 Å². The predicted molar refractivity (Wildman–Crippen MR) is 71.4 cm³/mol. The monoisotopic (exact) mass is 237 g/mol. The van der Waals surface area contributed by atoms with Crippen molar-refractivity contribution in [1.82, 2.24) is 0 Å². The van der Waals surface area contributed by atoms with Crippen molar-refractivity contribution in [2.75, 3.05) is 32.2 Å². The third-order valence-electron chi connectivity index (χ3n) is 2.78. The van der Waals surface area contributed by atoms with Crippen LogP contribution in [0.3, 0.4) is 0 Å². The van der Waals surface area contributed by atoms with E-state index >= 15 is 0 Å². The summed E-state index contributed by atoms with van der Waals surface area (Å²) in [5.74, 6) is 0. The minimum atomic E-state index is -0.103. The molecule has 0 aliphatic rings. The summed E-state index contributed by atoms with van der Waals surface area (Å²) in [7, 11) is 1.71. The molecule has 0 unspecified atom stereocenters. The van der Waals surface area contributed by atoms with Crippen molar-refractivity contribution in [3.05, 3.63) is 29.8 Å². The van der Waals surface area contributed by atoms with E-state index in [9.17, 15) is 5.11 Å². The van der Waals surface area contributed by atoms with Crippen LogP contribution in [-0.2, 0) is 11.2 Å². The lowest BCUT2D eigenvalue weighted by Gasteiger charge is -2.23. The zero-order valence-electron chi connectivity index (χ0n) is 11.0. The van der Waals surface area contributed by atoms with Gasteiger partial charge in [0.05, 0.1) is 6.61 Å². The number of aliphatic hydroxyl groups excluding tert-OH is 1. The fourth-order valence-corrected chi connectivity index (χ4v) is 1.51. The lowest BCUT2D eigenvalue weighted by Crippen LogP contribution is -2.27. The Kier molecular flexibility index (Phi) is 5.45. The molecule has 1 aromatic rings. The number of benzene rings is 1. The molecule has 1 aromatic carbocycles. The van der Waals surface area contributed by atoms with Gasteiger partial charge in [0.2, 0.25) is 0 Å². The van der Waals surface area contributed by atoms with Crippen molar-refractivity contribution in [3.63, 3.8) is 0 Å². The molecule has 2 N–H and O–H groups in total. The number of aliphatic hydroxyl groups is 1. The summed E-state index contributed by atoms with van der Waals surface area (Å²) >= 11 is 0. The lowest BCUT2D eigenvalue weighted by molar-refractivity contribution is 0.171. The highest BCUT2D eigenvalue weighted by Crippen LogP contribution is 2.19. The molecular formula is C14H23NO2. The second kappa shape index (κ2) is 6.62. The highest BCUT2D eigenvalue weighted by atomic mass is 16.5. The van der Waals surface area contributed by atoms with Crippen LogP contribution in [0, 0.1) is 5.41 Å². The topological polar surface area (TPSA) is 41.5 Å². The fourth-order valence-electron chi connectivity index (χ4n) is 1.51. The van der Waals surface area contributed by atoms with Crippen molar-refractivity contribution in [3.8, 4) is 0 Å². The van der Waals surface area contributed by atoms with Gasteiger partial charge < -0.3 is 15.2 Å². The Hall–Kier alpha value is -1.06. The number of rotatable bonds is 7. The molecule has 0 aliphatic heterocycles. The number of hydrogen-bond acceptors (Lipinski definition) is 3. The van der Waals surface area contributed by atoms with E-state index < -0.39 is 0 Å². The number of methoxy groups -OCH3 is 1. The van der Waals surface area contributed by atoms with Crippen LogP contribution in [0.2, 0.25) is 0 Å². The van der Waals surface area contributed by atoms with Gasteiger partial charge in [0, 0.05) is 31.4 Å². The summed E-state index contributed by atoms with van der Waals surface area (Å²) in [6.45, 7) is 5.74. The van der Waals surface area contributed by atoms with Crippen molar-refractivity contribution in [2.45, 2.75) is 20.3 Å². The van der Waals surface area contributed by atoms with Gasteiger partial charge in [-0.1, -0.05) is 32.0 Å². The highest BCUT2D eigenvalue weighted by molar-refractivity contribution is 5.51. The first-order valence-corrected chi connectivity index (χ1v) is 6.00. The lowest BCUT2D eigenvalue weighted by atomic mass is 9.94. The smallest absolute Gasteiger partial charge is 0.0503 e. The maximum Gasteiger partial charge on any atom is 0.0503 e. The minimum absolute atomic E-state index is 0.103. The molecule has 0 bridgehead atoms. The van der Waals surface area contributed by atoms with Gasteiger partial charge in [0.15, 0.2) is 0 Å². The van der Waals surface area contributed by atoms with Gasteiger partial charge in [0.25, 0.3) is 0 Å². The van der Waals surface area contributed by atoms with Crippen molar-refractivity contribution in [2.24, 2.45) is 5.41 Å². The van der Waals surface area contributed by atoms with Crippen LogP contribution < -0.4 is 5.32 Å². The third-order valence-corrected chi connectivity index (χ3v) is 2.78. The van der Waals surface area contributed by atoms with E-state index in [1.807, 2.05) is 26.0 Å². The standard InChI is InChI=1S/C14H23NO2/c1-14(2,11-16)10-15-13-7-5-4-6-12(13)8-9-17-3/h4-7,15-16H,8-11H2,1-3H3. The first kappa shape index (κ1) is 14.0. The molecular weight excluding hydrogens is 214 g/mol. The van der Waals surface area contributed by atoms with Crippen molar-refractivity contribution < 1.29 is 9.84 Å². The summed E-state index contributed by atoms with van der Waals surface area (Å²) < 4.78 is 5.10. The van der Waals surface area contributed by atoms with E-state index in [0.717, 1.165) is 25.3 Å². The summed E-state index contributed by atoms with van der Waals surface area (Å²) in [5.41, 5.74) is 2.28. The van der Waals surface area contributed by atoms with E-state index in [1.54, 1.807) is 7.11 Å².